The Kier molecular flexibility index (Phi) is 3.88. The summed E-state index contributed by atoms with van der Waals surface area (Å²) in [7, 11) is 0. The van der Waals surface area contributed by atoms with Crippen LogP contribution >= 0.6 is 15.9 Å². The van der Waals surface area contributed by atoms with E-state index in [-0.39, 0.29) is 11.4 Å². The fourth-order valence-electron chi connectivity index (χ4n) is 1.14. The quantitative estimate of drug-likeness (QED) is 0.571. The number of carbonyl (C=O) groups is 1. The second kappa shape index (κ2) is 4.80. The van der Waals surface area contributed by atoms with Gasteiger partial charge in [0.15, 0.2) is 5.82 Å². The standard InChI is InChI=1S/C10H15BrN4O/c1-10(2,3)14-9(16)7-4-6(11)5-13-8(7)15-12/h4-5H,12H2,1-3H3,(H,13,15)(H,14,16). The van der Waals surface area contributed by atoms with Crippen molar-refractivity contribution in [1.82, 2.24) is 10.3 Å². The lowest BCUT2D eigenvalue weighted by Crippen LogP contribution is -2.41. The van der Waals surface area contributed by atoms with E-state index in [1.165, 1.54) is 0 Å². The van der Waals surface area contributed by atoms with Gasteiger partial charge in [0.2, 0.25) is 0 Å². The molecule has 1 aromatic rings. The Labute approximate surface area is 103 Å². The zero-order chi connectivity index (χ0) is 12.3. The molecule has 0 aromatic carbocycles. The van der Waals surface area contributed by atoms with Crippen LogP contribution in [0, 0.1) is 0 Å². The van der Waals surface area contributed by atoms with Gasteiger partial charge in [0.1, 0.15) is 0 Å². The van der Waals surface area contributed by atoms with E-state index in [2.05, 4.69) is 31.7 Å². The number of amides is 1. The average Bonchev–Trinajstić information content (AvgIpc) is 2.15. The summed E-state index contributed by atoms with van der Waals surface area (Å²) in [6.07, 6.45) is 1.57. The number of nitrogen functional groups attached to an aromatic ring is 1. The molecule has 4 N–H and O–H groups in total. The molecule has 0 saturated carbocycles. The van der Waals surface area contributed by atoms with E-state index in [0.29, 0.717) is 11.4 Å². The number of rotatable bonds is 2. The fourth-order valence-corrected chi connectivity index (χ4v) is 1.47. The number of pyridine rings is 1. The van der Waals surface area contributed by atoms with Gasteiger partial charge in [-0.1, -0.05) is 0 Å². The predicted octanol–water partition coefficient (Wildman–Crippen LogP) is 1.66. The van der Waals surface area contributed by atoms with E-state index in [1.54, 1.807) is 12.3 Å². The molecule has 0 atom stereocenters. The van der Waals surface area contributed by atoms with Crippen LogP contribution in [0.5, 0.6) is 0 Å². The van der Waals surface area contributed by atoms with Crippen LogP contribution in [0.2, 0.25) is 0 Å². The molecule has 0 aliphatic carbocycles. The van der Waals surface area contributed by atoms with Gasteiger partial charge in [-0.25, -0.2) is 10.8 Å². The van der Waals surface area contributed by atoms with Crippen LogP contribution in [-0.2, 0) is 0 Å². The molecular formula is C10H15BrN4O. The summed E-state index contributed by atoms with van der Waals surface area (Å²) < 4.78 is 0.727. The largest absolute Gasteiger partial charge is 0.347 e. The molecule has 1 aromatic heterocycles. The Balaban J connectivity index is 3.02. The molecule has 0 unspecified atom stereocenters. The van der Waals surface area contributed by atoms with Crippen molar-refractivity contribution in [3.05, 3.63) is 22.3 Å². The van der Waals surface area contributed by atoms with E-state index in [4.69, 9.17) is 5.84 Å². The van der Waals surface area contributed by atoms with Crippen molar-refractivity contribution in [2.75, 3.05) is 5.43 Å². The first-order chi connectivity index (χ1) is 7.33. The first kappa shape index (κ1) is 12.9. The van der Waals surface area contributed by atoms with Crippen LogP contribution in [-0.4, -0.2) is 16.4 Å². The molecule has 0 bridgehead atoms. The van der Waals surface area contributed by atoms with E-state index in [1.807, 2.05) is 20.8 Å². The van der Waals surface area contributed by atoms with Gasteiger partial charge in [-0.3, -0.25) is 4.79 Å². The smallest absolute Gasteiger partial charge is 0.255 e. The van der Waals surface area contributed by atoms with Gasteiger partial charge in [0.25, 0.3) is 5.91 Å². The van der Waals surface area contributed by atoms with E-state index < -0.39 is 0 Å². The van der Waals surface area contributed by atoms with Crippen molar-refractivity contribution in [3.63, 3.8) is 0 Å². The number of hydrogen-bond acceptors (Lipinski definition) is 4. The molecule has 1 heterocycles. The molecule has 0 spiro atoms. The molecule has 5 nitrogen and oxygen atoms in total. The zero-order valence-corrected chi connectivity index (χ0v) is 11.1. The SMILES string of the molecule is CC(C)(C)NC(=O)c1cc(Br)cnc1NN. The van der Waals surface area contributed by atoms with Crippen molar-refractivity contribution in [2.45, 2.75) is 26.3 Å². The Morgan fingerprint density at radius 2 is 2.12 bits per heavy atom. The van der Waals surface area contributed by atoms with Gasteiger partial charge >= 0.3 is 0 Å². The molecule has 1 amide bonds. The van der Waals surface area contributed by atoms with Crippen molar-refractivity contribution >= 4 is 27.7 Å². The lowest BCUT2D eigenvalue weighted by atomic mass is 10.1. The van der Waals surface area contributed by atoms with Gasteiger partial charge in [-0.15, -0.1) is 0 Å². The third kappa shape index (κ3) is 3.46. The molecule has 16 heavy (non-hydrogen) atoms. The fraction of sp³-hybridized carbons (Fsp3) is 0.400. The summed E-state index contributed by atoms with van der Waals surface area (Å²) in [4.78, 5) is 15.9. The lowest BCUT2D eigenvalue weighted by molar-refractivity contribution is 0.0920. The lowest BCUT2D eigenvalue weighted by Gasteiger charge is -2.21. The normalized spacial score (nSPS) is 11.1. The highest BCUT2D eigenvalue weighted by Gasteiger charge is 2.18. The summed E-state index contributed by atoms with van der Waals surface area (Å²) in [6, 6.07) is 1.67. The topological polar surface area (TPSA) is 80.0 Å². The van der Waals surface area contributed by atoms with Crippen LogP contribution < -0.4 is 16.6 Å². The van der Waals surface area contributed by atoms with Gasteiger partial charge in [0, 0.05) is 16.2 Å². The van der Waals surface area contributed by atoms with Crippen molar-refractivity contribution in [3.8, 4) is 0 Å². The Hall–Kier alpha value is -1.14. The molecule has 0 fully saturated rings. The van der Waals surface area contributed by atoms with Crippen LogP contribution in [0.3, 0.4) is 0 Å². The van der Waals surface area contributed by atoms with Crippen molar-refractivity contribution in [2.24, 2.45) is 5.84 Å². The highest BCUT2D eigenvalue weighted by molar-refractivity contribution is 9.10. The monoisotopic (exact) mass is 286 g/mol. The third-order valence-electron chi connectivity index (χ3n) is 1.72. The molecule has 0 aliphatic rings. The molecule has 0 radical (unpaired) electrons. The first-order valence-electron chi connectivity index (χ1n) is 4.78. The van der Waals surface area contributed by atoms with Crippen LogP contribution in [0.1, 0.15) is 31.1 Å². The molecule has 0 saturated heterocycles. The maximum Gasteiger partial charge on any atom is 0.255 e. The van der Waals surface area contributed by atoms with Gasteiger partial charge < -0.3 is 10.7 Å². The van der Waals surface area contributed by atoms with E-state index in [9.17, 15) is 4.79 Å². The van der Waals surface area contributed by atoms with E-state index >= 15 is 0 Å². The summed E-state index contributed by atoms with van der Waals surface area (Å²) in [5.41, 5.74) is 2.51. The molecule has 88 valence electrons. The van der Waals surface area contributed by atoms with Gasteiger partial charge in [0.05, 0.1) is 5.56 Å². The molecule has 1 rings (SSSR count). The average molecular weight is 287 g/mol. The van der Waals surface area contributed by atoms with E-state index in [0.717, 1.165) is 4.47 Å². The van der Waals surface area contributed by atoms with Crippen molar-refractivity contribution in [1.29, 1.82) is 0 Å². The maximum absolute atomic E-state index is 11.9. The minimum Gasteiger partial charge on any atom is -0.347 e. The number of aromatic nitrogens is 1. The zero-order valence-electron chi connectivity index (χ0n) is 9.47. The number of nitrogens with zero attached hydrogens (tertiary/aromatic N) is 1. The Morgan fingerprint density at radius 3 is 2.62 bits per heavy atom. The highest BCUT2D eigenvalue weighted by Crippen LogP contribution is 2.17. The Bertz CT molecular complexity index is 400. The Morgan fingerprint density at radius 1 is 1.50 bits per heavy atom. The number of hydrazine groups is 1. The molecular weight excluding hydrogens is 272 g/mol. The maximum atomic E-state index is 11.9. The summed E-state index contributed by atoms with van der Waals surface area (Å²) >= 11 is 3.26. The molecule has 6 heteroatoms. The second-order valence-corrected chi connectivity index (χ2v) is 5.31. The minimum absolute atomic E-state index is 0.214. The number of nitrogens with two attached hydrogens (primary N) is 1. The van der Waals surface area contributed by atoms with Gasteiger partial charge in [-0.2, -0.15) is 0 Å². The first-order valence-corrected chi connectivity index (χ1v) is 5.57. The second-order valence-electron chi connectivity index (χ2n) is 4.40. The van der Waals surface area contributed by atoms with Crippen LogP contribution in [0.15, 0.2) is 16.7 Å². The third-order valence-corrected chi connectivity index (χ3v) is 2.16. The van der Waals surface area contributed by atoms with Crippen LogP contribution in [0.4, 0.5) is 5.82 Å². The minimum atomic E-state index is -0.300. The number of hydrogen-bond donors (Lipinski definition) is 3. The summed E-state index contributed by atoms with van der Waals surface area (Å²) in [5.74, 6) is 5.43. The predicted molar refractivity (Wildman–Crippen MR) is 67.0 cm³/mol. The summed E-state index contributed by atoms with van der Waals surface area (Å²) in [5, 5.41) is 2.84. The number of carbonyl (C=O) groups excluding carboxylic acids is 1. The van der Waals surface area contributed by atoms with Crippen LogP contribution in [0.25, 0.3) is 0 Å². The van der Waals surface area contributed by atoms with Crippen molar-refractivity contribution < 1.29 is 4.79 Å². The number of nitrogens with one attached hydrogen (secondary N) is 2. The summed E-state index contributed by atoms with van der Waals surface area (Å²) in [6.45, 7) is 5.73. The highest BCUT2D eigenvalue weighted by atomic mass is 79.9. The molecule has 0 aliphatic heterocycles. The van der Waals surface area contributed by atoms with Gasteiger partial charge in [-0.05, 0) is 42.8 Å². The number of anilines is 1. The number of halogens is 1.